The standard InChI is InChI=1S/C14H28/c1-3-13(2)9-7-8-12-14-10-5-4-6-11-14/h13-14H,3-12H2,1-2H3. The Morgan fingerprint density at radius 1 is 1.07 bits per heavy atom. The monoisotopic (exact) mass is 196 g/mol. The summed E-state index contributed by atoms with van der Waals surface area (Å²) in [5.74, 6) is 2.06. The molecule has 0 bridgehead atoms. The second kappa shape index (κ2) is 7.31. The van der Waals surface area contributed by atoms with Crippen LogP contribution in [0.4, 0.5) is 0 Å². The van der Waals surface area contributed by atoms with E-state index in [9.17, 15) is 0 Å². The third kappa shape index (κ3) is 5.02. The highest BCUT2D eigenvalue weighted by atomic mass is 14.2. The van der Waals surface area contributed by atoms with E-state index in [1.807, 2.05) is 0 Å². The highest BCUT2D eigenvalue weighted by Gasteiger charge is 2.12. The van der Waals surface area contributed by atoms with Crippen LogP contribution in [0.25, 0.3) is 0 Å². The Morgan fingerprint density at radius 3 is 2.43 bits per heavy atom. The first kappa shape index (κ1) is 12.1. The van der Waals surface area contributed by atoms with Crippen molar-refractivity contribution in [1.82, 2.24) is 0 Å². The van der Waals surface area contributed by atoms with E-state index in [1.165, 1.54) is 64.2 Å². The van der Waals surface area contributed by atoms with E-state index in [-0.39, 0.29) is 0 Å². The van der Waals surface area contributed by atoms with Gasteiger partial charge in [0.2, 0.25) is 0 Å². The Balaban J connectivity index is 1.92. The van der Waals surface area contributed by atoms with Gasteiger partial charge in [0.15, 0.2) is 0 Å². The van der Waals surface area contributed by atoms with E-state index >= 15 is 0 Å². The lowest BCUT2D eigenvalue weighted by atomic mass is 9.85. The van der Waals surface area contributed by atoms with Gasteiger partial charge in [0, 0.05) is 0 Å². The third-order valence-electron chi connectivity index (χ3n) is 3.98. The molecule has 0 heteroatoms. The van der Waals surface area contributed by atoms with Crippen molar-refractivity contribution >= 4 is 0 Å². The van der Waals surface area contributed by atoms with Gasteiger partial charge in [0.05, 0.1) is 0 Å². The van der Waals surface area contributed by atoms with Crippen molar-refractivity contribution in [2.75, 3.05) is 0 Å². The molecule has 1 fully saturated rings. The van der Waals surface area contributed by atoms with E-state index in [4.69, 9.17) is 0 Å². The summed E-state index contributed by atoms with van der Waals surface area (Å²) in [6, 6.07) is 0. The molecule has 1 rings (SSSR count). The predicted molar refractivity (Wildman–Crippen MR) is 64.5 cm³/mol. The molecule has 0 nitrogen and oxygen atoms in total. The van der Waals surface area contributed by atoms with Gasteiger partial charge in [-0.2, -0.15) is 0 Å². The van der Waals surface area contributed by atoms with Crippen LogP contribution in [0.5, 0.6) is 0 Å². The maximum atomic E-state index is 2.39. The predicted octanol–water partition coefficient (Wildman–Crippen LogP) is 5.17. The summed E-state index contributed by atoms with van der Waals surface area (Å²) in [6.07, 6.45) is 14.9. The number of unbranched alkanes of at least 4 members (excludes halogenated alkanes) is 1. The molecule has 0 saturated heterocycles. The van der Waals surface area contributed by atoms with Gasteiger partial charge < -0.3 is 0 Å². The smallest absolute Gasteiger partial charge is 0.0414 e. The van der Waals surface area contributed by atoms with Crippen molar-refractivity contribution in [1.29, 1.82) is 0 Å². The molecule has 0 aromatic rings. The van der Waals surface area contributed by atoms with Crippen LogP contribution < -0.4 is 0 Å². The van der Waals surface area contributed by atoms with Gasteiger partial charge in [-0.1, -0.05) is 78.1 Å². The van der Waals surface area contributed by atoms with Crippen LogP contribution in [0.15, 0.2) is 0 Å². The minimum absolute atomic E-state index is 0.960. The lowest BCUT2D eigenvalue weighted by Gasteiger charge is -2.21. The summed E-state index contributed by atoms with van der Waals surface area (Å²) in [5, 5.41) is 0. The molecule has 14 heavy (non-hydrogen) atoms. The number of hydrogen-bond acceptors (Lipinski definition) is 0. The summed E-state index contributed by atoms with van der Waals surface area (Å²) in [6.45, 7) is 4.70. The molecule has 0 spiro atoms. The zero-order valence-corrected chi connectivity index (χ0v) is 10.2. The van der Waals surface area contributed by atoms with Crippen molar-refractivity contribution in [2.45, 2.75) is 78.1 Å². The van der Waals surface area contributed by atoms with Gasteiger partial charge in [-0.25, -0.2) is 0 Å². The van der Waals surface area contributed by atoms with Crippen molar-refractivity contribution in [3.63, 3.8) is 0 Å². The van der Waals surface area contributed by atoms with Crippen LogP contribution in [-0.2, 0) is 0 Å². The topological polar surface area (TPSA) is 0 Å². The Morgan fingerprint density at radius 2 is 1.79 bits per heavy atom. The quantitative estimate of drug-likeness (QED) is 0.514. The molecule has 1 aliphatic carbocycles. The second-order valence-corrected chi connectivity index (χ2v) is 5.30. The molecule has 84 valence electrons. The van der Waals surface area contributed by atoms with Crippen molar-refractivity contribution < 1.29 is 0 Å². The molecule has 1 saturated carbocycles. The van der Waals surface area contributed by atoms with Crippen LogP contribution in [0, 0.1) is 11.8 Å². The molecule has 0 radical (unpaired) electrons. The normalized spacial score (nSPS) is 21.0. The maximum absolute atomic E-state index is 2.39. The molecule has 0 N–H and O–H groups in total. The fourth-order valence-corrected chi connectivity index (χ4v) is 2.61. The van der Waals surface area contributed by atoms with Crippen LogP contribution in [0.2, 0.25) is 0 Å². The third-order valence-corrected chi connectivity index (χ3v) is 3.98. The first-order chi connectivity index (χ1) is 6.83. The lowest BCUT2D eigenvalue weighted by molar-refractivity contribution is 0.324. The minimum atomic E-state index is 0.960. The van der Waals surface area contributed by atoms with Crippen molar-refractivity contribution in [2.24, 2.45) is 11.8 Å². The lowest BCUT2D eigenvalue weighted by Crippen LogP contribution is -2.06. The SMILES string of the molecule is CCC(C)CCCCC1CCCCC1. The molecule has 1 aliphatic rings. The molecular formula is C14H28. The zero-order chi connectivity index (χ0) is 10.2. The summed E-state index contributed by atoms with van der Waals surface area (Å²) >= 11 is 0. The molecule has 0 aliphatic heterocycles. The minimum Gasteiger partial charge on any atom is -0.0651 e. The van der Waals surface area contributed by atoms with Crippen LogP contribution in [0.3, 0.4) is 0 Å². The van der Waals surface area contributed by atoms with Crippen molar-refractivity contribution in [3.8, 4) is 0 Å². The zero-order valence-electron chi connectivity index (χ0n) is 10.2. The van der Waals surface area contributed by atoms with Gasteiger partial charge in [-0.3, -0.25) is 0 Å². The Bertz CT molecular complexity index is 122. The summed E-state index contributed by atoms with van der Waals surface area (Å²) in [7, 11) is 0. The number of rotatable bonds is 6. The molecule has 0 aromatic carbocycles. The molecule has 1 unspecified atom stereocenters. The maximum Gasteiger partial charge on any atom is -0.0414 e. The highest BCUT2D eigenvalue weighted by Crippen LogP contribution is 2.28. The first-order valence-electron chi connectivity index (χ1n) is 6.83. The van der Waals surface area contributed by atoms with E-state index in [2.05, 4.69) is 13.8 Å². The molecular weight excluding hydrogens is 168 g/mol. The van der Waals surface area contributed by atoms with E-state index in [0.29, 0.717) is 0 Å². The first-order valence-corrected chi connectivity index (χ1v) is 6.83. The molecule has 1 atom stereocenters. The van der Waals surface area contributed by atoms with Crippen LogP contribution >= 0.6 is 0 Å². The largest absolute Gasteiger partial charge is 0.0651 e. The highest BCUT2D eigenvalue weighted by molar-refractivity contribution is 4.65. The van der Waals surface area contributed by atoms with Gasteiger partial charge in [-0.15, -0.1) is 0 Å². The van der Waals surface area contributed by atoms with Crippen LogP contribution in [0.1, 0.15) is 78.1 Å². The Kier molecular flexibility index (Phi) is 6.31. The summed E-state index contributed by atoms with van der Waals surface area (Å²) in [5.41, 5.74) is 0. The van der Waals surface area contributed by atoms with Gasteiger partial charge in [0.25, 0.3) is 0 Å². The van der Waals surface area contributed by atoms with E-state index in [1.54, 1.807) is 0 Å². The molecule has 0 amide bonds. The van der Waals surface area contributed by atoms with Gasteiger partial charge in [0.1, 0.15) is 0 Å². The van der Waals surface area contributed by atoms with Gasteiger partial charge in [-0.05, 0) is 11.8 Å². The molecule has 0 heterocycles. The fourth-order valence-electron chi connectivity index (χ4n) is 2.61. The van der Waals surface area contributed by atoms with Gasteiger partial charge >= 0.3 is 0 Å². The molecule has 0 aromatic heterocycles. The summed E-state index contributed by atoms with van der Waals surface area (Å²) in [4.78, 5) is 0. The average Bonchev–Trinajstić information content (AvgIpc) is 2.25. The second-order valence-electron chi connectivity index (χ2n) is 5.30. The van der Waals surface area contributed by atoms with Crippen molar-refractivity contribution in [3.05, 3.63) is 0 Å². The average molecular weight is 196 g/mol. The number of hydrogen-bond donors (Lipinski definition) is 0. The Hall–Kier alpha value is 0. The van der Waals surface area contributed by atoms with E-state index in [0.717, 1.165) is 11.8 Å². The Labute approximate surface area is 90.5 Å². The fraction of sp³-hybridized carbons (Fsp3) is 1.00. The summed E-state index contributed by atoms with van der Waals surface area (Å²) < 4.78 is 0. The van der Waals surface area contributed by atoms with E-state index < -0.39 is 0 Å². The van der Waals surface area contributed by atoms with Crippen LogP contribution in [-0.4, -0.2) is 0 Å².